The Kier molecular flexibility index (Phi) is 2.24. The van der Waals surface area contributed by atoms with Crippen LogP contribution in [0.4, 0.5) is 5.69 Å². The van der Waals surface area contributed by atoms with Gasteiger partial charge in [-0.2, -0.15) is 0 Å². The van der Waals surface area contributed by atoms with E-state index in [1.54, 1.807) is 31.4 Å². The molecule has 0 radical (unpaired) electrons. The summed E-state index contributed by atoms with van der Waals surface area (Å²) in [6.45, 7) is 1.34. The number of carbonyl (C=O) groups excluding carboxylic acids is 1. The van der Waals surface area contributed by atoms with Crippen LogP contribution in [0.25, 0.3) is 0 Å². The van der Waals surface area contributed by atoms with Gasteiger partial charge >= 0.3 is 0 Å². The van der Waals surface area contributed by atoms with Gasteiger partial charge in [0.25, 0.3) is 0 Å². The van der Waals surface area contributed by atoms with Crippen LogP contribution in [0.15, 0.2) is 24.3 Å². The van der Waals surface area contributed by atoms with Gasteiger partial charge < -0.3 is 10.0 Å². The van der Waals surface area contributed by atoms with Gasteiger partial charge in [0.2, 0.25) is 5.91 Å². The Bertz CT molecular complexity index is 297. The highest BCUT2D eigenvalue weighted by atomic mass is 16.5. The van der Waals surface area contributed by atoms with E-state index in [2.05, 4.69) is 0 Å². The van der Waals surface area contributed by atoms with E-state index in [0.29, 0.717) is 11.4 Å². The quantitative estimate of drug-likeness (QED) is 0.725. The second-order valence-corrected chi connectivity index (χ2v) is 2.33. The molecule has 1 rings (SSSR count). The van der Waals surface area contributed by atoms with Gasteiger partial charge in [-0.05, 0) is 24.3 Å². The largest absolute Gasteiger partial charge is 0.497 e. The summed E-state index contributed by atoms with van der Waals surface area (Å²) in [4.78, 5) is 10.8. The minimum Gasteiger partial charge on any atom is -0.497 e. The number of benzene rings is 1. The molecule has 0 atom stereocenters. The van der Waals surface area contributed by atoms with E-state index in [0.717, 1.165) is 5.31 Å². The zero-order valence-corrected chi connectivity index (χ0v) is 7.07. The molecular formula is C9H11NO2. The Labute approximate surface area is 72.8 Å². The van der Waals surface area contributed by atoms with Crippen LogP contribution >= 0.6 is 0 Å². The summed E-state index contributed by atoms with van der Waals surface area (Å²) in [6, 6.07) is 6.74. The molecule has 64 valence electrons. The Balaban J connectivity index is 2.85. The summed E-state index contributed by atoms with van der Waals surface area (Å²) >= 11 is 0. The van der Waals surface area contributed by atoms with Crippen molar-refractivity contribution in [3.63, 3.8) is 0 Å². The number of carbonyl (C=O) groups is 1. The zero-order valence-electron chi connectivity index (χ0n) is 8.07. The molecule has 0 aliphatic heterocycles. The van der Waals surface area contributed by atoms with Crippen molar-refractivity contribution in [2.45, 2.75) is 6.92 Å². The van der Waals surface area contributed by atoms with E-state index >= 15 is 0 Å². The molecule has 0 bridgehead atoms. The van der Waals surface area contributed by atoms with Crippen molar-refractivity contribution in [3.8, 4) is 5.75 Å². The average Bonchev–Trinajstić information content (AvgIpc) is 2.17. The first-order chi connectivity index (χ1) is 6.15. The van der Waals surface area contributed by atoms with Crippen molar-refractivity contribution in [1.82, 2.24) is 0 Å². The zero-order chi connectivity index (χ0) is 9.84. The number of ether oxygens (including phenoxy) is 1. The monoisotopic (exact) mass is 166 g/mol. The number of hydrogen-bond acceptors (Lipinski definition) is 2. The van der Waals surface area contributed by atoms with Crippen molar-refractivity contribution in [3.05, 3.63) is 24.3 Å². The summed E-state index contributed by atoms with van der Waals surface area (Å²) in [6.07, 6.45) is 0. The molecule has 3 nitrogen and oxygen atoms in total. The van der Waals surface area contributed by atoms with Crippen molar-refractivity contribution in [1.29, 1.82) is 0 Å². The topological polar surface area (TPSA) is 38.3 Å². The first-order valence-electron chi connectivity index (χ1n) is 4.03. The SMILES string of the molecule is [2H]N(C(C)=O)c1ccc(OC)cc1. The van der Waals surface area contributed by atoms with Crippen LogP contribution < -0.4 is 10.0 Å². The molecule has 1 aromatic carbocycles. The fourth-order valence-electron chi connectivity index (χ4n) is 0.839. The molecule has 0 aromatic heterocycles. The number of amides is 1. The maximum atomic E-state index is 10.8. The summed E-state index contributed by atoms with van der Waals surface area (Å²) in [5, 5.41) is 0.833. The van der Waals surface area contributed by atoms with E-state index in [9.17, 15) is 4.79 Å². The lowest BCUT2D eigenvalue weighted by Gasteiger charge is -2.02. The van der Waals surface area contributed by atoms with Gasteiger partial charge in [-0.3, -0.25) is 4.79 Å². The fraction of sp³-hybridized carbons (Fsp3) is 0.222. The van der Waals surface area contributed by atoms with Gasteiger partial charge in [0, 0.05) is 12.6 Å². The van der Waals surface area contributed by atoms with E-state index in [4.69, 9.17) is 6.15 Å². The molecule has 0 aliphatic carbocycles. The van der Waals surface area contributed by atoms with Crippen molar-refractivity contribution < 1.29 is 10.9 Å². The normalized spacial score (nSPS) is 10.3. The molecule has 0 spiro atoms. The number of methoxy groups -OCH3 is 1. The van der Waals surface area contributed by atoms with Crippen molar-refractivity contribution in [2.24, 2.45) is 0 Å². The number of nitrogens with one attached hydrogen (secondary N) is 1. The molecule has 1 amide bonds. The second kappa shape index (κ2) is 3.76. The van der Waals surface area contributed by atoms with Gasteiger partial charge in [-0.15, -0.1) is 0 Å². The van der Waals surface area contributed by atoms with Gasteiger partial charge in [0.1, 0.15) is 5.75 Å². The predicted octanol–water partition coefficient (Wildman–Crippen LogP) is 1.65. The molecule has 0 saturated carbocycles. The predicted molar refractivity (Wildman–Crippen MR) is 47.3 cm³/mol. The third-order valence-electron chi connectivity index (χ3n) is 1.36. The number of anilines is 1. The second-order valence-electron chi connectivity index (χ2n) is 2.33. The smallest absolute Gasteiger partial charge is 0.221 e. The van der Waals surface area contributed by atoms with Crippen LogP contribution in [0, 0.1) is 0 Å². The van der Waals surface area contributed by atoms with E-state index in [1.165, 1.54) is 6.92 Å². The molecule has 0 unspecified atom stereocenters. The Hall–Kier alpha value is -1.51. The third kappa shape index (κ3) is 2.27. The van der Waals surface area contributed by atoms with E-state index < -0.39 is 0 Å². The lowest BCUT2D eigenvalue weighted by molar-refractivity contribution is -0.114. The van der Waals surface area contributed by atoms with Gasteiger partial charge in [0.05, 0.1) is 7.11 Å². The Morgan fingerprint density at radius 3 is 2.50 bits per heavy atom. The third-order valence-corrected chi connectivity index (χ3v) is 1.36. The molecule has 1 N–H and O–H groups in total. The maximum Gasteiger partial charge on any atom is 0.221 e. The highest BCUT2D eigenvalue weighted by Gasteiger charge is 1.94. The summed E-state index contributed by atoms with van der Waals surface area (Å²) in [5.41, 5.74) is 0.535. The Morgan fingerprint density at radius 1 is 1.50 bits per heavy atom. The van der Waals surface area contributed by atoms with Gasteiger partial charge in [-0.1, -0.05) is 0 Å². The van der Waals surface area contributed by atoms with Crippen molar-refractivity contribution >= 4 is 11.6 Å². The van der Waals surface area contributed by atoms with Crippen LogP contribution in [0.3, 0.4) is 0 Å². The maximum absolute atomic E-state index is 10.8. The molecule has 0 heterocycles. The molecule has 0 saturated heterocycles. The van der Waals surface area contributed by atoms with E-state index in [-0.39, 0.29) is 5.91 Å². The van der Waals surface area contributed by atoms with E-state index in [1.807, 2.05) is 0 Å². The van der Waals surface area contributed by atoms with Crippen LogP contribution in [0.5, 0.6) is 5.75 Å². The minimum atomic E-state index is -0.315. The first-order valence-corrected chi connectivity index (χ1v) is 3.59. The summed E-state index contributed by atoms with van der Waals surface area (Å²) < 4.78 is 12.3. The standard InChI is InChI=1S/C9H11NO2/c1-7(11)10-8-3-5-9(12-2)6-4-8/h3-6H,1-2H3,(H,10,11)/i/hD. The molecule has 1 aromatic rings. The first kappa shape index (κ1) is 7.16. The van der Waals surface area contributed by atoms with Crippen molar-refractivity contribution in [2.75, 3.05) is 12.4 Å². The lowest BCUT2D eigenvalue weighted by atomic mass is 10.3. The lowest BCUT2D eigenvalue weighted by Crippen LogP contribution is -2.05. The van der Waals surface area contributed by atoms with Gasteiger partial charge in [-0.25, -0.2) is 0 Å². The number of hydrogen-bond donors (Lipinski definition) is 1. The van der Waals surface area contributed by atoms with Gasteiger partial charge in [0.15, 0.2) is 1.41 Å². The molecule has 3 heteroatoms. The van der Waals surface area contributed by atoms with Crippen LogP contribution in [0.1, 0.15) is 6.92 Å². The number of rotatable bonds is 2. The molecule has 0 aliphatic rings. The van der Waals surface area contributed by atoms with Crippen LogP contribution in [0.2, 0.25) is 1.41 Å². The summed E-state index contributed by atoms with van der Waals surface area (Å²) in [5.74, 6) is 0.394. The highest BCUT2D eigenvalue weighted by Crippen LogP contribution is 2.14. The van der Waals surface area contributed by atoms with Crippen LogP contribution in [-0.2, 0) is 4.79 Å². The fourth-order valence-corrected chi connectivity index (χ4v) is 0.839. The summed E-state index contributed by atoms with van der Waals surface area (Å²) in [7, 11) is 1.57. The molecule has 0 fully saturated rings. The van der Waals surface area contributed by atoms with Crippen LogP contribution in [-0.4, -0.2) is 13.0 Å². The average molecular weight is 166 g/mol. The molecule has 12 heavy (non-hydrogen) atoms. The Morgan fingerprint density at radius 2 is 2.08 bits per heavy atom. The minimum absolute atomic E-state index is 0.315. The molecular weight excluding hydrogens is 154 g/mol. The highest BCUT2D eigenvalue weighted by molar-refractivity contribution is 5.88.